The molecule has 0 atom stereocenters. The van der Waals surface area contributed by atoms with Gasteiger partial charge in [0.2, 0.25) is 0 Å². The Hall–Kier alpha value is -3.51. The molecule has 2 aromatic heterocycles. The first-order chi connectivity index (χ1) is 14.9. The summed E-state index contributed by atoms with van der Waals surface area (Å²) in [6.07, 6.45) is 1.55. The summed E-state index contributed by atoms with van der Waals surface area (Å²) in [5.74, 6) is 0.616. The number of nitrogens with one attached hydrogen (secondary N) is 2. The number of carbonyl (C=O) groups excluding carboxylic acids is 1. The summed E-state index contributed by atoms with van der Waals surface area (Å²) in [6, 6.07) is 16.0. The number of aromatic amines is 1. The number of carbonyl (C=O) groups is 1. The fraction of sp³-hybridized carbons (Fsp3) is 0.167. The molecule has 31 heavy (non-hydrogen) atoms. The van der Waals surface area contributed by atoms with Crippen LogP contribution in [0.4, 0.5) is 10.5 Å². The van der Waals surface area contributed by atoms with Crippen molar-refractivity contribution in [2.75, 3.05) is 5.32 Å². The molecule has 4 aromatic rings. The highest BCUT2D eigenvalue weighted by molar-refractivity contribution is 6.30. The Kier molecular flexibility index (Phi) is 5.82. The zero-order valence-electron chi connectivity index (χ0n) is 17.2. The Morgan fingerprint density at radius 3 is 2.68 bits per heavy atom. The molecule has 7 heteroatoms. The van der Waals surface area contributed by atoms with Gasteiger partial charge >= 0.3 is 6.03 Å². The number of aromatic nitrogens is 1. The molecule has 0 bridgehead atoms. The molecule has 0 radical (unpaired) electrons. The molecule has 4 rings (SSSR count). The van der Waals surface area contributed by atoms with Crippen molar-refractivity contribution in [2.24, 2.45) is 0 Å². The van der Waals surface area contributed by atoms with Crippen LogP contribution in [0.2, 0.25) is 5.02 Å². The Morgan fingerprint density at radius 1 is 1.10 bits per heavy atom. The number of furan rings is 1. The summed E-state index contributed by atoms with van der Waals surface area (Å²) < 4.78 is 5.43. The lowest BCUT2D eigenvalue weighted by Crippen LogP contribution is -2.35. The number of urea groups is 1. The number of anilines is 1. The zero-order valence-corrected chi connectivity index (χ0v) is 18.0. The highest BCUT2D eigenvalue weighted by Gasteiger charge is 2.18. The van der Waals surface area contributed by atoms with Crippen molar-refractivity contribution in [2.45, 2.75) is 26.9 Å². The summed E-state index contributed by atoms with van der Waals surface area (Å²) >= 11 is 6.03. The van der Waals surface area contributed by atoms with Gasteiger partial charge in [-0.15, -0.1) is 0 Å². The molecule has 0 aliphatic carbocycles. The van der Waals surface area contributed by atoms with Crippen molar-refractivity contribution in [3.8, 4) is 0 Å². The molecule has 0 aliphatic heterocycles. The first-order valence-corrected chi connectivity index (χ1v) is 10.2. The van der Waals surface area contributed by atoms with Crippen molar-refractivity contribution in [3.63, 3.8) is 0 Å². The lowest BCUT2D eigenvalue weighted by atomic mass is 10.0. The number of H-pyrrole nitrogens is 1. The van der Waals surface area contributed by atoms with Gasteiger partial charge in [0.05, 0.1) is 19.4 Å². The molecular formula is C24H22ClN3O3. The Balaban J connectivity index is 1.66. The minimum absolute atomic E-state index is 0.117. The quantitative estimate of drug-likeness (QED) is 0.426. The van der Waals surface area contributed by atoms with E-state index >= 15 is 0 Å². The lowest BCUT2D eigenvalue weighted by molar-refractivity contribution is 0.201. The van der Waals surface area contributed by atoms with Gasteiger partial charge in [0.15, 0.2) is 0 Å². The van der Waals surface area contributed by atoms with Gasteiger partial charge in [0, 0.05) is 27.2 Å². The number of benzene rings is 2. The number of pyridine rings is 1. The zero-order chi connectivity index (χ0) is 22.0. The second-order valence-electron chi connectivity index (χ2n) is 7.54. The highest BCUT2D eigenvalue weighted by Crippen LogP contribution is 2.20. The maximum atomic E-state index is 13.1. The lowest BCUT2D eigenvalue weighted by Gasteiger charge is -2.22. The summed E-state index contributed by atoms with van der Waals surface area (Å²) in [7, 11) is 0. The van der Waals surface area contributed by atoms with E-state index in [1.54, 1.807) is 42.7 Å². The number of rotatable bonds is 5. The Bertz CT molecular complexity index is 1300. The average molecular weight is 436 g/mol. The topological polar surface area (TPSA) is 78.3 Å². The van der Waals surface area contributed by atoms with Crippen LogP contribution >= 0.6 is 11.6 Å². The molecule has 2 amide bonds. The number of amides is 2. The third-order valence-electron chi connectivity index (χ3n) is 5.04. The molecule has 2 N–H and O–H groups in total. The largest absolute Gasteiger partial charge is 0.467 e. The van der Waals surface area contributed by atoms with Crippen LogP contribution in [0.5, 0.6) is 0 Å². The van der Waals surface area contributed by atoms with Crippen LogP contribution in [0, 0.1) is 13.8 Å². The van der Waals surface area contributed by atoms with Gasteiger partial charge in [-0.2, -0.15) is 0 Å². The highest BCUT2D eigenvalue weighted by atomic mass is 35.5. The maximum absolute atomic E-state index is 13.1. The van der Waals surface area contributed by atoms with E-state index in [2.05, 4.69) is 16.4 Å². The molecule has 0 spiro atoms. The van der Waals surface area contributed by atoms with E-state index in [4.69, 9.17) is 16.0 Å². The standard InChI is InChI=1S/C24H22ClN3O3/c1-15-9-16(2)21-11-17(23(29)27-22(21)10-15)13-28(14-20-7-4-8-31-20)24(30)26-19-6-3-5-18(25)12-19/h3-12H,13-14H2,1-2H3,(H,26,30)(H,27,29). The normalized spacial score (nSPS) is 10.9. The van der Waals surface area contributed by atoms with Crippen molar-refractivity contribution in [3.05, 3.63) is 98.7 Å². The van der Waals surface area contributed by atoms with Gasteiger partial charge in [-0.05, 0) is 67.4 Å². The predicted octanol–water partition coefficient (Wildman–Crippen LogP) is 5.63. The molecule has 2 heterocycles. The summed E-state index contributed by atoms with van der Waals surface area (Å²) in [5.41, 5.74) is 3.76. The van der Waals surface area contributed by atoms with E-state index in [1.807, 2.05) is 26.0 Å². The van der Waals surface area contributed by atoms with Crippen molar-refractivity contribution in [1.29, 1.82) is 0 Å². The Morgan fingerprint density at radius 2 is 1.94 bits per heavy atom. The van der Waals surface area contributed by atoms with Gasteiger partial charge in [-0.25, -0.2) is 4.79 Å². The van der Waals surface area contributed by atoms with Crippen LogP contribution in [0.1, 0.15) is 22.5 Å². The van der Waals surface area contributed by atoms with Gasteiger partial charge in [-0.1, -0.05) is 23.7 Å². The maximum Gasteiger partial charge on any atom is 0.322 e. The van der Waals surface area contributed by atoms with Crippen LogP contribution in [-0.2, 0) is 13.1 Å². The number of hydrogen-bond acceptors (Lipinski definition) is 3. The summed E-state index contributed by atoms with van der Waals surface area (Å²) in [5, 5.41) is 4.31. The number of fused-ring (bicyclic) bond motifs is 1. The average Bonchev–Trinajstić information content (AvgIpc) is 3.21. The van der Waals surface area contributed by atoms with Crippen molar-refractivity contribution in [1.82, 2.24) is 9.88 Å². The smallest absolute Gasteiger partial charge is 0.322 e. The number of halogens is 1. The minimum atomic E-state index is -0.362. The van der Waals surface area contributed by atoms with E-state index in [-0.39, 0.29) is 24.7 Å². The van der Waals surface area contributed by atoms with E-state index in [9.17, 15) is 9.59 Å². The van der Waals surface area contributed by atoms with Crippen molar-refractivity contribution < 1.29 is 9.21 Å². The van der Waals surface area contributed by atoms with Crippen LogP contribution in [0.15, 0.2) is 70.1 Å². The van der Waals surface area contributed by atoms with Crippen LogP contribution in [0.25, 0.3) is 10.9 Å². The molecule has 0 aliphatic rings. The van der Waals surface area contributed by atoms with Crippen molar-refractivity contribution >= 4 is 34.2 Å². The molecular weight excluding hydrogens is 414 g/mol. The Labute approximate surface area is 184 Å². The van der Waals surface area contributed by atoms with Crippen LogP contribution in [0.3, 0.4) is 0 Å². The number of nitrogens with zero attached hydrogens (tertiary/aromatic N) is 1. The second kappa shape index (κ2) is 8.70. The van der Waals surface area contributed by atoms with Crippen LogP contribution in [-0.4, -0.2) is 15.9 Å². The third-order valence-corrected chi connectivity index (χ3v) is 5.28. The van der Waals surface area contributed by atoms with Gasteiger partial charge < -0.3 is 19.6 Å². The molecule has 2 aromatic carbocycles. The van der Waals surface area contributed by atoms with E-state index in [1.165, 1.54) is 4.90 Å². The molecule has 0 unspecified atom stereocenters. The predicted molar refractivity (Wildman–Crippen MR) is 122 cm³/mol. The molecule has 0 saturated heterocycles. The fourth-order valence-electron chi connectivity index (χ4n) is 3.60. The monoisotopic (exact) mass is 435 g/mol. The molecule has 0 saturated carbocycles. The SMILES string of the molecule is Cc1cc(C)c2cc(CN(Cc3ccco3)C(=O)Nc3cccc(Cl)c3)c(=O)[nH]c2c1. The molecule has 0 fully saturated rings. The van der Waals surface area contributed by atoms with Gasteiger partial charge in [-0.3, -0.25) is 4.79 Å². The number of hydrogen-bond donors (Lipinski definition) is 2. The minimum Gasteiger partial charge on any atom is -0.467 e. The summed E-state index contributed by atoms with van der Waals surface area (Å²) in [6.45, 7) is 4.32. The van der Waals surface area contributed by atoms with Gasteiger partial charge in [0.1, 0.15) is 5.76 Å². The van der Waals surface area contributed by atoms with Crippen LogP contribution < -0.4 is 10.9 Å². The van der Waals surface area contributed by atoms with E-state index in [0.29, 0.717) is 22.0 Å². The van der Waals surface area contributed by atoms with E-state index in [0.717, 1.165) is 22.0 Å². The summed E-state index contributed by atoms with van der Waals surface area (Å²) in [4.78, 5) is 30.3. The second-order valence-corrected chi connectivity index (χ2v) is 7.98. The van der Waals surface area contributed by atoms with Gasteiger partial charge in [0.25, 0.3) is 5.56 Å². The molecule has 6 nitrogen and oxygen atoms in total. The fourth-order valence-corrected chi connectivity index (χ4v) is 3.79. The third kappa shape index (κ3) is 4.81. The number of aryl methyl sites for hydroxylation is 2. The molecule has 158 valence electrons. The first kappa shape index (κ1) is 20.8. The van der Waals surface area contributed by atoms with E-state index < -0.39 is 0 Å². The first-order valence-electron chi connectivity index (χ1n) is 9.86.